The molecule has 0 unspecified atom stereocenters. The number of benzene rings is 1. The van der Waals surface area contributed by atoms with Crippen LogP contribution in [0, 0.1) is 0 Å². The number of nitrogens with zero attached hydrogens (tertiary/aromatic N) is 3. The third-order valence-corrected chi connectivity index (χ3v) is 6.91. The number of nitrogens with one attached hydrogen (secondary N) is 1. The molecule has 32 heavy (non-hydrogen) atoms. The molecule has 1 N–H and O–H groups in total. The van der Waals surface area contributed by atoms with Gasteiger partial charge in [-0.25, -0.2) is 4.98 Å². The lowest BCUT2D eigenvalue weighted by Gasteiger charge is -2.22. The smallest absolute Gasteiger partial charge is 0.128 e. The molecule has 0 saturated carbocycles. The summed E-state index contributed by atoms with van der Waals surface area (Å²) in [6, 6.07) is 12.7. The summed E-state index contributed by atoms with van der Waals surface area (Å²) in [5, 5.41) is 5.12. The molecule has 0 aliphatic heterocycles. The molecule has 0 aliphatic carbocycles. The molecule has 0 radical (unpaired) electrons. The lowest BCUT2D eigenvalue weighted by Crippen LogP contribution is -2.25. The molecule has 0 amide bonds. The second-order valence-electron chi connectivity index (χ2n) is 8.01. The molecule has 6 heteroatoms. The van der Waals surface area contributed by atoms with Crippen molar-refractivity contribution in [2.24, 2.45) is 0 Å². The Labute approximate surface area is 196 Å². The van der Waals surface area contributed by atoms with Crippen molar-refractivity contribution >= 4 is 49.7 Å². The van der Waals surface area contributed by atoms with E-state index in [4.69, 9.17) is 16.6 Å². The normalized spacial score (nSPS) is 11.5. The first-order chi connectivity index (χ1) is 15.7. The highest BCUT2D eigenvalue weighted by molar-refractivity contribution is 7.17. The molecule has 0 bridgehead atoms. The van der Waals surface area contributed by atoms with E-state index < -0.39 is 0 Å². The van der Waals surface area contributed by atoms with Crippen LogP contribution >= 0.6 is 22.9 Å². The molecule has 4 nitrogen and oxygen atoms in total. The second-order valence-corrected chi connectivity index (χ2v) is 9.37. The number of rotatable bonds is 7. The maximum Gasteiger partial charge on any atom is 0.128 e. The quantitative estimate of drug-likeness (QED) is 0.269. The number of H-pyrrole nitrogens is 1. The van der Waals surface area contributed by atoms with Gasteiger partial charge in [0.1, 0.15) is 5.82 Å². The summed E-state index contributed by atoms with van der Waals surface area (Å²) >= 11 is 8.41. The van der Waals surface area contributed by atoms with Crippen LogP contribution in [0.4, 0.5) is 5.82 Å². The van der Waals surface area contributed by atoms with Crippen LogP contribution in [0.2, 0.25) is 5.02 Å². The van der Waals surface area contributed by atoms with E-state index in [1.807, 2.05) is 24.7 Å². The van der Waals surface area contributed by atoms with Gasteiger partial charge in [-0.3, -0.25) is 4.98 Å². The predicted molar refractivity (Wildman–Crippen MR) is 138 cm³/mol. The maximum absolute atomic E-state index is 6.71. The summed E-state index contributed by atoms with van der Waals surface area (Å²) in [7, 11) is 0. The lowest BCUT2D eigenvalue weighted by atomic mass is 10.0. The number of pyridine rings is 2. The average Bonchev–Trinajstić information content (AvgIpc) is 3.45. The van der Waals surface area contributed by atoms with Crippen molar-refractivity contribution in [2.75, 3.05) is 18.0 Å². The first kappa shape index (κ1) is 21.0. The van der Waals surface area contributed by atoms with Crippen molar-refractivity contribution in [2.45, 2.75) is 26.7 Å². The monoisotopic (exact) mass is 460 g/mol. The van der Waals surface area contributed by atoms with Crippen LogP contribution in [0.1, 0.15) is 26.7 Å². The lowest BCUT2D eigenvalue weighted by molar-refractivity contribution is 0.734. The molecule has 1 aromatic carbocycles. The molecule has 0 fully saturated rings. The summed E-state index contributed by atoms with van der Waals surface area (Å²) in [5.41, 5.74) is 5.19. The summed E-state index contributed by atoms with van der Waals surface area (Å²) in [5.74, 6) is 1.04. The number of hydrogen-bond acceptors (Lipinski definition) is 4. The Morgan fingerprint density at radius 3 is 2.56 bits per heavy atom. The Hall–Kier alpha value is -2.89. The number of hydrogen-bond donors (Lipinski definition) is 1. The van der Waals surface area contributed by atoms with Crippen LogP contribution in [0.3, 0.4) is 0 Å². The molecule has 0 saturated heterocycles. The molecular formula is C26H25ClN4S. The molecule has 5 rings (SSSR count). The molecule has 0 spiro atoms. The topological polar surface area (TPSA) is 44.8 Å². The number of anilines is 1. The number of thiophene rings is 1. The van der Waals surface area contributed by atoms with E-state index in [1.165, 1.54) is 10.1 Å². The fourth-order valence-corrected chi connectivity index (χ4v) is 5.28. The van der Waals surface area contributed by atoms with Gasteiger partial charge in [0.15, 0.2) is 0 Å². The Balaban J connectivity index is 1.51. The minimum atomic E-state index is 0.717. The van der Waals surface area contributed by atoms with E-state index in [2.05, 4.69) is 64.4 Å². The van der Waals surface area contributed by atoms with Crippen LogP contribution in [0.25, 0.3) is 43.4 Å². The summed E-state index contributed by atoms with van der Waals surface area (Å²) in [4.78, 5) is 15.0. The van der Waals surface area contributed by atoms with Crippen LogP contribution in [-0.4, -0.2) is 28.0 Å². The number of aromatic amines is 1. The molecule has 4 heterocycles. The van der Waals surface area contributed by atoms with Gasteiger partial charge in [-0.1, -0.05) is 25.4 Å². The Bertz CT molecular complexity index is 1360. The van der Waals surface area contributed by atoms with E-state index in [0.717, 1.165) is 70.1 Å². The van der Waals surface area contributed by atoms with Crippen LogP contribution < -0.4 is 4.90 Å². The molecular weight excluding hydrogens is 436 g/mol. The van der Waals surface area contributed by atoms with Gasteiger partial charge in [-0.05, 0) is 54.6 Å². The van der Waals surface area contributed by atoms with E-state index >= 15 is 0 Å². The highest BCUT2D eigenvalue weighted by atomic mass is 35.5. The summed E-state index contributed by atoms with van der Waals surface area (Å²) < 4.78 is 1.17. The van der Waals surface area contributed by atoms with Crippen LogP contribution in [0.15, 0.2) is 60.4 Å². The Morgan fingerprint density at radius 2 is 1.81 bits per heavy atom. The summed E-state index contributed by atoms with van der Waals surface area (Å²) in [6.45, 7) is 6.46. The van der Waals surface area contributed by atoms with Gasteiger partial charge in [0.2, 0.25) is 0 Å². The number of fused-ring (bicyclic) bond motifs is 2. The number of halogens is 1. The minimum absolute atomic E-state index is 0.717. The number of aromatic nitrogens is 3. The van der Waals surface area contributed by atoms with Gasteiger partial charge in [0.05, 0.1) is 9.72 Å². The molecule has 162 valence electrons. The third kappa shape index (κ3) is 3.87. The van der Waals surface area contributed by atoms with Crippen LogP contribution in [0.5, 0.6) is 0 Å². The van der Waals surface area contributed by atoms with Crippen molar-refractivity contribution in [3.8, 4) is 22.4 Å². The molecule has 4 aromatic heterocycles. The van der Waals surface area contributed by atoms with Crippen LogP contribution in [-0.2, 0) is 0 Å². The van der Waals surface area contributed by atoms with Gasteiger partial charge >= 0.3 is 0 Å². The first-order valence-corrected chi connectivity index (χ1v) is 12.3. The van der Waals surface area contributed by atoms with Crippen molar-refractivity contribution in [3.63, 3.8) is 0 Å². The highest BCUT2D eigenvalue weighted by Crippen LogP contribution is 2.38. The van der Waals surface area contributed by atoms with E-state index in [0.29, 0.717) is 0 Å². The van der Waals surface area contributed by atoms with Gasteiger partial charge in [-0.15, -0.1) is 11.3 Å². The predicted octanol–water partition coefficient (Wildman–Crippen LogP) is 7.79. The zero-order valence-electron chi connectivity index (χ0n) is 18.2. The molecule has 0 atom stereocenters. The minimum Gasteiger partial charge on any atom is -0.357 e. The maximum atomic E-state index is 6.71. The zero-order valence-corrected chi connectivity index (χ0v) is 19.8. The Kier molecular flexibility index (Phi) is 5.85. The standard InChI is InChI=1S/C26H25ClN4S/c1-3-8-31(9-4-2)26-6-5-17(14-29-26)23-12-18-11-20(22(27)13-24(18)30-23)21-15-28-16-25-19(21)7-10-32-25/h5-7,10-16,30H,3-4,8-9H2,1-2H3. The van der Waals surface area contributed by atoms with Gasteiger partial charge < -0.3 is 9.88 Å². The van der Waals surface area contributed by atoms with Crippen molar-refractivity contribution in [1.29, 1.82) is 0 Å². The molecule has 5 aromatic rings. The second kappa shape index (κ2) is 8.93. The van der Waals surface area contributed by atoms with Crippen molar-refractivity contribution in [3.05, 3.63) is 65.4 Å². The fourth-order valence-electron chi connectivity index (χ4n) is 4.24. The largest absolute Gasteiger partial charge is 0.357 e. The fraction of sp³-hybridized carbons (Fsp3) is 0.231. The highest BCUT2D eigenvalue weighted by Gasteiger charge is 2.13. The van der Waals surface area contributed by atoms with Crippen molar-refractivity contribution < 1.29 is 0 Å². The van der Waals surface area contributed by atoms with Gasteiger partial charge in [0, 0.05) is 70.4 Å². The third-order valence-electron chi connectivity index (χ3n) is 5.75. The van der Waals surface area contributed by atoms with Gasteiger partial charge in [-0.2, -0.15) is 0 Å². The average molecular weight is 461 g/mol. The van der Waals surface area contributed by atoms with E-state index in [-0.39, 0.29) is 0 Å². The Morgan fingerprint density at radius 1 is 0.969 bits per heavy atom. The summed E-state index contributed by atoms with van der Waals surface area (Å²) in [6.07, 6.45) is 7.99. The first-order valence-electron chi connectivity index (χ1n) is 11.0. The van der Waals surface area contributed by atoms with E-state index in [1.54, 1.807) is 11.3 Å². The zero-order chi connectivity index (χ0) is 22.1. The van der Waals surface area contributed by atoms with Gasteiger partial charge in [0.25, 0.3) is 0 Å². The van der Waals surface area contributed by atoms with Crippen molar-refractivity contribution in [1.82, 2.24) is 15.0 Å². The van der Waals surface area contributed by atoms with E-state index in [9.17, 15) is 0 Å². The molecule has 0 aliphatic rings. The SMILES string of the molecule is CCCN(CCC)c1ccc(-c2cc3cc(-c4cncc5sccc45)c(Cl)cc3[nH]2)cn1.